The van der Waals surface area contributed by atoms with Gasteiger partial charge >= 0.3 is 6.09 Å². The van der Waals surface area contributed by atoms with Crippen molar-refractivity contribution in [1.29, 1.82) is 0 Å². The summed E-state index contributed by atoms with van der Waals surface area (Å²) in [6.45, 7) is 2.25. The van der Waals surface area contributed by atoms with Gasteiger partial charge in [0.05, 0.1) is 12.6 Å². The molecule has 0 unspecified atom stereocenters. The third kappa shape index (κ3) is 3.54. The number of halogens is 1. The number of piperazine rings is 1. The van der Waals surface area contributed by atoms with E-state index in [4.69, 9.17) is 16.3 Å². The van der Waals surface area contributed by atoms with Gasteiger partial charge in [-0.05, 0) is 52.1 Å². The fourth-order valence-electron chi connectivity index (χ4n) is 4.11. The predicted molar refractivity (Wildman–Crippen MR) is 126 cm³/mol. The van der Waals surface area contributed by atoms with Crippen LogP contribution in [0.5, 0.6) is 5.75 Å². The smallest absolute Gasteiger partial charge is 0.407 e. The first-order valence-corrected chi connectivity index (χ1v) is 11.1. The Morgan fingerprint density at radius 3 is 2.58 bits per heavy atom. The van der Waals surface area contributed by atoms with Crippen LogP contribution < -0.4 is 9.64 Å². The number of ether oxygens (including phenoxy) is 1. The monoisotopic (exact) mass is 453 g/mol. The SMILES string of the molecule is COc1cc(-c2cc3nsc(N4CCN(C(=O)O)CC4)c3cc2Cl)c2ccccc2c1. The summed E-state index contributed by atoms with van der Waals surface area (Å²) in [5.41, 5.74) is 2.80. The van der Waals surface area contributed by atoms with Crippen molar-refractivity contribution >= 4 is 55.9 Å². The highest BCUT2D eigenvalue weighted by molar-refractivity contribution is 7.11. The Balaban J connectivity index is 1.57. The minimum Gasteiger partial charge on any atom is -0.497 e. The molecule has 0 spiro atoms. The van der Waals surface area contributed by atoms with Crippen LogP contribution in [0.4, 0.5) is 9.80 Å². The minimum absolute atomic E-state index is 0.482. The summed E-state index contributed by atoms with van der Waals surface area (Å²) in [7, 11) is 1.66. The van der Waals surface area contributed by atoms with E-state index >= 15 is 0 Å². The molecule has 1 saturated heterocycles. The summed E-state index contributed by atoms with van der Waals surface area (Å²) < 4.78 is 10.2. The highest BCUT2D eigenvalue weighted by Gasteiger charge is 2.24. The standard InChI is InChI=1S/C23H20ClN3O3S/c1-30-15-10-14-4-2-3-5-16(14)17(11-15)18-13-21-19(12-20(18)24)22(31-25-21)26-6-8-27(9-7-26)23(28)29/h2-5,10-13H,6-9H2,1H3,(H,28,29). The molecule has 1 aliphatic heterocycles. The molecular weight excluding hydrogens is 434 g/mol. The molecule has 6 nitrogen and oxygen atoms in total. The van der Waals surface area contributed by atoms with E-state index in [0.29, 0.717) is 31.2 Å². The number of rotatable bonds is 3. The maximum absolute atomic E-state index is 11.2. The van der Waals surface area contributed by atoms with E-state index in [-0.39, 0.29) is 0 Å². The molecule has 1 fully saturated rings. The number of hydrogen-bond acceptors (Lipinski definition) is 5. The normalized spacial score (nSPS) is 14.4. The Hall–Kier alpha value is -3.03. The molecule has 2 heterocycles. The van der Waals surface area contributed by atoms with E-state index in [1.165, 1.54) is 16.4 Å². The molecule has 0 aliphatic carbocycles. The molecule has 1 N–H and O–H groups in total. The number of carboxylic acid groups (broad SMARTS) is 1. The van der Waals surface area contributed by atoms with Crippen molar-refractivity contribution in [3.63, 3.8) is 0 Å². The van der Waals surface area contributed by atoms with Gasteiger partial charge in [-0.3, -0.25) is 0 Å². The fraction of sp³-hybridized carbons (Fsp3) is 0.217. The summed E-state index contributed by atoms with van der Waals surface area (Å²) in [5.74, 6) is 0.778. The number of carbonyl (C=O) groups is 1. The van der Waals surface area contributed by atoms with Crippen molar-refractivity contribution in [3.05, 3.63) is 53.6 Å². The Morgan fingerprint density at radius 2 is 1.84 bits per heavy atom. The van der Waals surface area contributed by atoms with Crippen LogP contribution in [0.2, 0.25) is 5.02 Å². The maximum Gasteiger partial charge on any atom is 0.407 e. The van der Waals surface area contributed by atoms with Crippen molar-refractivity contribution in [2.45, 2.75) is 0 Å². The lowest BCUT2D eigenvalue weighted by Crippen LogP contribution is -2.48. The van der Waals surface area contributed by atoms with Crippen LogP contribution in [-0.4, -0.2) is 53.8 Å². The third-order valence-corrected chi connectivity index (χ3v) is 7.00. The summed E-state index contributed by atoms with van der Waals surface area (Å²) >= 11 is 8.23. The lowest BCUT2D eigenvalue weighted by molar-refractivity contribution is 0.142. The van der Waals surface area contributed by atoms with Crippen molar-refractivity contribution in [3.8, 4) is 16.9 Å². The second-order valence-corrected chi connectivity index (χ2v) is 8.65. The van der Waals surface area contributed by atoms with Crippen molar-refractivity contribution in [2.75, 3.05) is 38.2 Å². The first-order chi connectivity index (χ1) is 15.0. The number of nitrogens with zero attached hydrogens (tertiary/aromatic N) is 3. The third-order valence-electron chi connectivity index (χ3n) is 5.74. The molecule has 0 radical (unpaired) electrons. The maximum atomic E-state index is 11.2. The van der Waals surface area contributed by atoms with Gasteiger partial charge in [0.25, 0.3) is 0 Å². The Kier molecular flexibility index (Phi) is 5.08. The number of methoxy groups -OCH3 is 1. The first-order valence-electron chi connectivity index (χ1n) is 9.94. The zero-order chi connectivity index (χ0) is 21.5. The first kappa shape index (κ1) is 19.9. The van der Waals surface area contributed by atoms with Crippen LogP contribution in [-0.2, 0) is 0 Å². The average Bonchev–Trinajstić information content (AvgIpc) is 3.20. The quantitative estimate of drug-likeness (QED) is 0.438. The van der Waals surface area contributed by atoms with Crippen LogP contribution in [0.1, 0.15) is 0 Å². The summed E-state index contributed by atoms with van der Waals surface area (Å²) in [5, 5.41) is 14.1. The second kappa shape index (κ2) is 7.90. The minimum atomic E-state index is -0.869. The molecule has 158 valence electrons. The van der Waals surface area contributed by atoms with Crippen LogP contribution in [0, 0.1) is 0 Å². The zero-order valence-corrected chi connectivity index (χ0v) is 18.4. The van der Waals surface area contributed by atoms with Gasteiger partial charge in [0.2, 0.25) is 0 Å². The van der Waals surface area contributed by atoms with Gasteiger partial charge in [-0.15, -0.1) is 0 Å². The van der Waals surface area contributed by atoms with E-state index < -0.39 is 6.09 Å². The number of amides is 1. The van der Waals surface area contributed by atoms with E-state index in [1.54, 1.807) is 7.11 Å². The van der Waals surface area contributed by atoms with E-state index in [2.05, 4.69) is 21.4 Å². The van der Waals surface area contributed by atoms with Gasteiger partial charge in [0.1, 0.15) is 10.8 Å². The van der Waals surface area contributed by atoms with E-state index in [9.17, 15) is 9.90 Å². The molecule has 8 heteroatoms. The average molecular weight is 454 g/mol. The van der Waals surface area contributed by atoms with Crippen LogP contribution in [0.25, 0.3) is 32.8 Å². The highest BCUT2D eigenvalue weighted by Crippen LogP contribution is 2.41. The van der Waals surface area contributed by atoms with Crippen LogP contribution >= 0.6 is 23.1 Å². The van der Waals surface area contributed by atoms with Crippen molar-refractivity contribution in [2.24, 2.45) is 0 Å². The summed E-state index contributed by atoms with van der Waals surface area (Å²) in [6.07, 6.45) is -0.869. The van der Waals surface area contributed by atoms with Gasteiger partial charge in [0.15, 0.2) is 0 Å². The molecule has 3 aromatic carbocycles. The zero-order valence-electron chi connectivity index (χ0n) is 16.8. The molecule has 5 rings (SSSR count). The van der Waals surface area contributed by atoms with Gasteiger partial charge in [0, 0.05) is 42.2 Å². The predicted octanol–water partition coefficient (Wildman–Crippen LogP) is 5.58. The molecule has 4 aromatic rings. The van der Waals surface area contributed by atoms with Crippen molar-refractivity contribution < 1.29 is 14.6 Å². The Bertz CT molecular complexity index is 1300. The Morgan fingerprint density at radius 1 is 1.06 bits per heavy atom. The van der Waals surface area contributed by atoms with Crippen LogP contribution in [0.3, 0.4) is 0 Å². The van der Waals surface area contributed by atoms with Gasteiger partial charge in [-0.25, -0.2) is 4.79 Å². The summed E-state index contributed by atoms with van der Waals surface area (Å²) in [6, 6.07) is 16.2. The number of fused-ring (bicyclic) bond motifs is 2. The topological polar surface area (TPSA) is 65.9 Å². The molecule has 0 atom stereocenters. The lowest BCUT2D eigenvalue weighted by atomic mass is 9.97. The molecule has 0 saturated carbocycles. The van der Waals surface area contributed by atoms with Crippen molar-refractivity contribution in [1.82, 2.24) is 9.27 Å². The molecule has 0 bridgehead atoms. The fourth-order valence-corrected chi connectivity index (χ4v) is 5.27. The Labute approximate surface area is 188 Å². The molecular formula is C23H20ClN3O3S. The number of anilines is 1. The summed E-state index contributed by atoms with van der Waals surface area (Å²) in [4.78, 5) is 14.8. The molecule has 1 aliphatic rings. The highest BCUT2D eigenvalue weighted by atomic mass is 35.5. The van der Waals surface area contributed by atoms with Crippen LogP contribution in [0.15, 0.2) is 48.5 Å². The van der Waals surface area contributed by atoms with E-state index in [1.807, 2.05) is 36.4 Å². The molecule has 1 aromatic heterocycles. The largest absolute Gasteiger partial charge is 0.497 e. The molecule has 1 amide bonds. The number of benzene rings is 3. The van der Waals surface area contributed by atoms with E-state index in [0.717, 1.165) is 43.6 Å². The second-order valence-electron chi connectivity index (χ2n) is 7.49. The molecule has 31 heavy (non-hydrogen) atoms. The van der Waals surface area contributed by atoms with Gasteiger partial charge in [-0.2, -0.15) is 4.37 Å². The number of hydrogen-bond donors (Lipinski definition) is 1. The number of aromatic nitrogens is 1. The van der Waals surface area contributed by atoms with Gasteiger partial charge in [-0.1, -0.05) is 35.9 Å². The lowest BCUT2D eigenvalue weighted by Gasteiger charge is -2.33. The van der Waals surface area contributed by atoms with Gasteiger partial charge < -0.3 is 19.6 Å².